The monoisotopic (exact) mass is 396 g/mol. The summed E-state index contributed by atoms with van der Waals surface area (Å²) in [5, 5.41) is 8.63. The first-order chi connectivity index (χ1) is 12.8. The zero-order valence-electron chi connectivity index (χ0n) is 15.7. The predicted molar refractivity (Wildman–Crippen MR) is 104 cm³/mol. The molecule has 2 rings (SSSR count). The van der Waals surface area contributed by atoms with E-state index >= 15 is 0 Å². The van der Waals surface area contributed by atoms with E-state index in [4.69, 9.17) is 0 Å². The molecule has 0 aliphatic carbocycles. The Morgan fingerprint density at radius 1 is 1.26 bits per heavy atom. The van der Waals surface area contributed by atoms with Crippen molar-refractivity contribution in [3.8, 4) is 0 Å². The quantitative estimate of drug-likeness (QED) is 0.519. The molecule has 1 aliphatic heterocycles. The Hall–Kier alpha value is -1.97. The second-order valence-electron chi connectivity index (χ2n) is 6.75. The van der Waals surface area contributed by atoms with Crippen molar-refractivity contribution < 1.29 is 18.0 Å². The molecule has 1 heterocycles. The predicted octanol–water partition coefficient (Wildman–Crippen LogP) is 0.818. The van der Waals surface area contributed by atoms with E-state index in [0.29, 0.717) is 18.0 Å². The molecule has 1 aromatic rings. The van der Waals surface area contributed by atoms with E-state index in [-0.39, 0.29) is 10.8 Å². The molecule has 9 heteroatoms. The number of benzene rings is 1. The average molecular weight is 397 g/mol. The highest BCUT2D eigenvalue weighted by Gasteiger charge is 2.19. The van der Waals surface area contributed by atoms with Crippen molar-refractivity contribution in [3.05, 3.63) is 24.3 Å². The number of hydrogen-bond donors (Lipinski definition) is 4. The Morgan fingerprint density at radius 2 is 1.96 bits per heavy atom. The van der Waals surface area contributed by atoms with Gasteiger partial charge in [-0.2, -0.15) is 0 Å². The minimum atomic E-state index is -3.59. The molecular formula is C18H28N4O4S. The smallest absolute Gasteiger partial charge is 0.246 e. The lowest BCUT2D eigenvalue weighted by Gasteiger charge is -2.22. The van der Waals surface area contributed by atoms with Gasteiger partial charge in [-0.15, -0.1) is 0 Å². The Morgan fingerprint density at radius 3 is 2.63 bits per heavy atom. The third kappa shape index (κ3) is 6.60. The van der Waals surface area contributed by atoms with E-state index < -0.39 is 22.0 Å². The average Bonchev–Trinajstić information content (AvgIpc) is 2.67. The Bertz CT molecular complexity index is 760. The Labute approximate surface area is 160 Å². The second-order valence-corrected chi connectivity index (χ2v) is 8.63. The van der Waals surface area contributed by atoms with Crippen LogP contribution in [0, 0.1) is 5.92 Å². The molecule has 0 radical (unpaired) electrons. The van der Waals surface area contributed by atoms with E-state index in [1.807, 2.05) is 0 Å². The van der Waals surface area contributed by atoms with E-state index in [2.05, 4.69) is 20.7 Å². The van der Waals surface area contributed by atoms with Crippen molar-refractivity contribution in [2.24, 2.45) is 5.92 Å². The number of sulfonamides is 1. The summed E-state index contributed by atoms with van der Waals surface area (Å²) in [6, 6.07) is 5.23. The molecule has 0 bridgehead atoms. The highest BCUT2D eigenvalue weighted by molar-refractivity contribution is 7.89. The van der Waals surface area contributed by atoms with Gasteiger partial charge in [-0.1, -0.05) is 6.07 Å². The van der Waals surface area contributed by atoms with Crippen LogP contribution in [0.2, 0.25) is 0 Å². The molecule has 0 spiro atoms. The van der Waals surface area contributed by atoms with Gasteiger partial charge in [0, 0.05) is 12.1 Å². The normalized spacial score (nSPS) is 16.5. The number of carbonyl (C=O) groups is 2. The fourth-order valence-electron chi connectivity index (χ4n) is 2.99. The minimum absolute atomic E-state index is 0.0569. The minimum Gasteiger partial charge on any atom is -0.345 e. The largest absolute Gasteiger partial charge is 0.345 e. The van der Waals surface area contributed by atoms with Gasteiger partial charge >= 0.3 is 0 Å². The zero-order chi connectivity index (χ0) is 19.9. The molecule has 1 unspecified atom stereocenters. The second kappa shape index (κ2) is 9.82. The van der Waals surface area contributed by atoms with Crippen molar-refractivity contribution in [2.75, 3.05) is 25.5 Å². The first-order valence-corrected chi connectivity index (χ1v) is 10.6. The molecule has 1 atom stereocenters. The summed E-state index contributed by atoms with van der Waals surface area (Å²) in [6.07, 6.45) is 3.38. The van der Waals surface area contributed by atoms with Gasteiger partial charge in [0.25, 0.3) is 0 Å². The van der Waals surface area contributed by atoms with Crippen LogP contribution in [0.4, 0.5) is 5.69 Å². The van der Waals surface area contributed by atoms with Gasteiger partial charge in [-0.3, -0.25) is 9.59 Å². The summed E-state index contributed by atoms with van der Waals surface area (Å²) >= 11 is 0. The van der Waals surface area contributed by atoms with Gasteiger partial charge in [0.05, 0.1) is 4.90 Å². The maximum absolute atomic E-state index is 12.3. The van der Waals surface area contributed by atoms with E-state index in [9.17, 15) is 18.0 Å². The molecule has 150 valence electrons. The van der Waals surface area contributed by atoms with Crippen LogP contribution >= 0.6 is 0 Å². The standard InChI is InChI=1S/C18H28N4O4S/c1-13(21-17(23)7-6-14-8-10-20-11-9-14)18(24)22-15-4-3-5-16(12-15)27(25,26)19-2/h3-5,12-14,19-20H,6-11H2,1-2H3,(H,21,23)(H,22,24). The van der Waals surface area contributed by atoms with Gasteiger partial charge < -0.3 is 16.0 Å². The van der Waals surface area contributed by atoms with Crippen molar-refractivity contribution in [1.29, 1.82) is 0 Å². The molecule has 2 amide bonds. The van der Waals surface area contributed by atoms with Gasteiger partial charge in [-0.25, -0.2) is 13.1 Å². The molecule has 27 heavy (non-hydrogen) atoms. The molecule has 8 nitrogen and oxygen atoms in total. The number of rotatable bonds is 8. The van der Waals surface area contributed by atoms with Gasteiger partial charge in [-0.05, 0) is 70.4 Å². The van der Waals surface area contributed by atoms with Crippen LogP contribution in [0.5, 0.6) is 0 Å². The molecule has 1 saturated heterocycles. The summed E-state index contributed by atoms with van der Waals surface area (Å²) in [4.78, 5) is 24.4. The van der Waals surface area contributed by atoms with Crippen LogP contribution in [0.25, 0.3) is 0 Å². The number of carbonyl (C=O) groups excluding carboxylic acids is 2. The number of anilines is 1. The van der Waals surface area contributed by atoms with E-state index in [0.717, 1.165) is 32.4 Å². The van der Waals surface area contributed by atoms with Crippen LogP contribution in [-0.2, 0) is 19.6 Å². The first kappa shape index (κ1) is 21.3. The number of hydrogen-bond acceptors (Lipinski definition) is 5. The SMILES string of the molecule is CNS(=O)(=O)c1cccc(NC(=O)C(C)NC(=O)CCC2CCNCC2)c1. The van der Waals surface area contributed by atoms with Crippen molar-refractivity contribution in [3.63, 3.8) is 0 Å². The highest BCUT2D eigenvalue weighted by Crippen LogP contribution is 2.18. The fourth-order valence-corrected chi connectivity index (χ4v) is 3.77. The lowest BCUT2D eigenvalue weighted by molar-refractivity contribution is -0.126. The Kier molecular flexibility index (Phi) is 7.76. The summed E-state index contributed by atoms with van der Waals surface area (Å²) < 4.78 is 25.9. The highest BCUT2D eigenvalue weighted by atomic mass is 32.2. The van der Waals surface area contributed by atoms with Crippen molar-refractivity contribution >= 4 is 27.5 Å². The number of nitrogens with one attached hydrogen (secondary N) is 4. The van der Waals surface area contributed by atoms with E-state index in [1.54, 1.807) is 19.1 Å². The van der Waals surface area contributed by atoms with Gasteiger partial charge in [0.1, 0.15) is 6.04 Å². The lowest BCUT2D eigenvalue weighted by Crippen LogP contribution is -2.41. The van der Waals surface area contributed by atoms with Crippen LogP contribution in [-0.4, -0.2) is 46.4 Å². The molecule has 1 aromatic carbocycles. The fraction of sp³-hybridized carbons (Fsp3) is 0.556. The first-order valence-electron chi connectivity index (χ1n) is 9.16. The van der Waals surface area contributed by atoms with Crippen molar-refractivity contribution in [1.82, 2.24) is 15.4 Å². The summed E-state index contributed by atoms with van der Waals surface area (Å²) in [6.45, 7) is 3.59. The molecular weight excluding hydrogens is 368 g/mol. The van der Waals surface area contributed by atoms with Crippen LogP contribution in [0.15, 0.2) is 29.2 Å². The zero-order valence-corrected chi connectivity index (χ0v) is 16.6. The molecule has 1 fully saturated rings. The molecule has 0 saturated carbocycles. The summed E-state index contributed by atoms with van der Waals surface area (Å²) in [7, 11) is -2.27. The van der Waals surface area contributed by atoms with Gasteiger partial charge in [0.15, 0.2) is 0 Å². The summed E-state index contributed by atoms with van der Waals surface area (Å²) in [5.74, 6) is 0.00455. The topological polar surface area (TPSA) is 116 Å². The molecule has 0 aromatic heterocycles. The maximum Gasteiger partial charge on any atom is 0.246 e. The Balaban J connectivity index is 1.84. The van der Waals surface area contributed by atoms with E-state index in [1.165, 1.54) is 19.2 Å². The maximum atomic E-state index is 12.3. The summed E-state index contributed by atoms with van der Waals surface area (Å²) in [5.41, 5.74) is 0.354. The lowest BCUT2D eigenvalue weighted by atomic mass is 9.93. The third-order valence-corrected chi connectivity index (χ3v) is 6.10. The van der Waals surface area contributed by atoms with Crippen LogP contribution in [0.3, 0.4) is 0 Å². The van der Waals surface area contributed by atoms with Gasteiger partial charge in [0.2, 0.25) is 21.8 Å². The molecule has 4 N–H and O–H groups in total. The number of amides is 2. The molecule has 1 aliphatic rings. The number of piperidine rings is 1. The van der Waals surface area contributed by atoms with Crippen LogP contribution < -0.4 is 20.7 Å². The van der Waals surface area contributed by atoms with Crippen molar-refractivity contribution in [2.45, 2.75) is 43.5 Å². The third-order valence-electron chi connectivity index (χ3n) is 4.69. The van der Waals surface area contributed by atoms with Crippen LogP contribution in [0.1, 0.15) is 32.6 Å².